The lowest BCUT2D eigenvalue weighted by Gasteiger charge is -2.29. The molecule has 0 heterocycles. The number of halogens is 2. The average molecular weight is 600 g/mol. The van der Waals surface area contributed by atoms with Gasteiger partial charge in [-0.25, -0.2) is 4.79 Å². The molecule has 4 nitrogen and oxygen atoms in total. The van der Waals surface area contributed by atoms with Gasteiger partial charge >= 0.3 is 5.97 Å². The van der Waals surface area contributed by atoms with Crippen LogP contribution in [0.25, 0.3) is 6.08 Å². The topological polar surface area (TPSA) is 52.6 Å². The number of ether oxygens (including phenoxy) is 2. The van der Waals surface area contributed by atoms with Gasteiger partial charge in [0.1, 0.15) is 11.4 Å². The summed E-state index contributed by atoms with van der Waals surface area (Å²) in [6, 6.07) is 11.1. The summed E-state index contributed by atoms with van der Waals surface area (Å²) in [7, 11) is 0. The third-order valence-electron chi connectivity index (χ3n) is 4.07. The fourth-order valence-corrected chi connectivity index (χ4v) is 4.29. The first-order valence-electron chi connectivity index (χ1n) is 10.6. The molecular weight excluding hydrogens is 568 g/mol. The Morgan fingerprint density at radius 2 is 1.45 bits per heavy atom. The molecule has 7 heteroatoms. The predicted octanol–water partition coefficient (Wildman–Crippen LogP) is 8.35. The molecule has 0 unspecified atom stereocenters. The van der Waals surface area contributed by atoms with Crippen LogP contribution in [0, 0.1) is 0 Å². The van der Waals surface area contributed by atoms with Crippen LogP contribution in [0.4, 0.5) is 0 Å². The Morgan fingerprint density at radius 1 is 0.939 bits per heavy atom. The summed E-state index contributed by atoms with van der Waals surface area (Å²) in [5.41, 5.74) is -0.362. The minimum atomic E-state index is -1.19. The van der Waals surface area contributed by atoms with Crippen LogP contribution in [0.2, 0.25) is 0 Å². The molecule has 0 saturated carbocycles. The summed E-state index contributed by atoms with van der Waals surface area (Å²) < 4.78 is 12.7. The zero-order valence-corrected chi connectivity index (χ0v) is 24.4. The van der Waals surface area contributed by atoms with Gasteiger partial charge in [-0.3, -0.25) is 4.79 Å². The lowest BCUT2D eigenvalue weighted by Crippen LogP contribution is -2.43. The zero-order valence-electron chi connectivity index (χ0n) is 20.4. The summed E-state index contributed by atoms with van der Waals surface area (Å²) >= 11 is 8.63. The second-order valence-electron chi connectivity index (χ2n) is 8.35. The molecule has 0 aliphatic carbocycles. The van der Waals surface area contributed by atoms with Gasteiger partial charge in [0.05, 0.1) is 8.95 Å². The number of thioether (sulfide) groups is 1. The molecule has 33 heavy (non-hydrogen) atoms. The molecule has 2 aromatic carbocycles. The number of benzene rings is 2. The van der Waals surface area contributed by atoms with Crippen LogP contribution in [0.3, 0.4) is 0 Å². The van der Waals surface area contributed by atoms with E-state index in [0.717, 1.165) is 10.5 Å². The maximum absolute atomic E-state index is 12.5. The lowest BCUT2D eigenvalue weighted by molar-refractivity contribution is -0.171. The molecule has 0 aromatic heterocycles. The number of hydrogen-bond acceptors (Lipinski definition) is 5. The number of carbonyl (C=O) groups is 2. The van der Waals surface area contributed by atoms with Crippen molar-refractivity contribution >= 4 is 61.5 Å². The van der Waals surface area contributed by atoms with Crippen molar-refractivity contribution in [1.82, 2.24) is 0 Å². The van der Waals surface area contributed by atoms with Crippen molar-refractivity contribution in [3.05, 3.63) is 62.5 Å². The Hall–Kier alpha value is -1.57. The fourth-order valence-electron chi connectivity index (χ4n) is 2.49. The Balaban J connectivity index is 0.00000265. The Morgan fingerprint density at radius 3 is 1.91 bits per heavy atom. The molecule has 0 aliphatic heterocycles. The van der Waals surface area contributed by atoms with Gasteiger partial charge < -0.3 is 9.47 Å². The van der Waals surface area contributed by atoms with Gasteiger partial charge in [0.15, 0.2) is 11.4 Å². The third kappa shape index (κ3) is 9.30. The molecule has 0 atom stereocenters. The monoisotopic (exact) mass is 598 g/mol. The van der Waals surface area contributed by atoms with E-state index in [1.54, 1.807) is 31.7 Å². The number of carbonyl (C=O) groups excluding carboxylic acids is 2. The largest absolute Gasteiger partial charge is 0.474 e. The van der Waals surface area contributed by atoms with Gasteiger partial charge in [-0.2, -0.15) is 0 Å². The molecule has 2 rings (SSSR count). The van der Waals surface area contributed by atoms with Crippen LogP contribution < -0.4 is 4.74 Å². The first-order valence-corrected chi connectivity index (χ1v) is 13.4. The summed E-state index contributed by atoms with van der Waals surface area (Å²) in [5, 5.41) is 0. The highest BCUT2D eigenvalue weighted by atomic mass is 79.9. The molecule has 0 bridgehead atoms. The molecule has 0 radical (unpaired) electrons. The van der Waals surface area contributed by atoms with Crippen LogP contribution in [0.15, 0.2) is 56.3 Å². The van der Waals surface area contributed by atoms with E-state index in [0.29, 0.717) is 20.3 Å². The van der Waals surface area contributed by atoms with Crippen molar-refractivity contribution in [2.24, 2.45) is 0 Å². The van der Waals surface area contributed by atoms with Crippen LogP contribution in [-0.4, -0.2) is 29.2 Å². The van der Waals surface area contributed by atoms with Gasteiger partial charge in [0.25, 0.3) is 0 Å². The quantitative estimate of drug-likeness (QED) is 0.138. The van der Waals surface area contributed by atoms with Crippen LogP contribution in [0.5, 0.6) is 5.75 Å². The standard InChI is InChI=1S/C24H26Br2O4S.C2H6/c1-23(2,3)30-22(28)24(4,5)29-21-18(25)13-15(14-19(21)26)7-12-20(27)16-8-10-17(31-6)11-9-16;1-2/h7-14H,1-6H3;1-2H3/b12-7+;. The van der Waals surface area contributed by atoms with Crippen molar-refractivity contribution < 1.29 is 19.1 Å². The van der Waals surface area contributed by atoms with Crippen LogP contribution >= 0.6 is 43.6 Å². The Kier molecular flexibility index (Phi) is 11.4. The smallest absolute Gasteiger partial charge is 0.350 e. The van der Waals surface area contributed by atoms with E-state index >= 15 is 0 Å². The van der Waals surface area contributed by atoms with Gasteiger partial charge in [-0.1, -0.05) is 19.9 Å². The maximum Gasteiger partial charge on any atom is 0.350 e. The van der Waals surface area contributed by atoms with Gasteiger partial charge in [0, 0.05) is 10.5 Å². The van der Waals surface area contributed by atoms with Crippen LogP contribution in [-0.2, 0) is 9.53 Å². The molecule has 0 saturated heterocycles. The van der Waals surface area contributed by atoms with Gasteiger partial charge in [-0.15, -0.1) is 11.8 Å². The van der Waals surface area contributed by atoms with Crippen LogP contribution in [0.1, 0.15) is 64.4 Å². The summed E-state index contributed by atoms with van der Waals surface area (Å²) in [5.74, 6) is -0.0564. The second kappa shape index (κ2) is 12.8. The van der Waals surface area contributed by atoms with E-state index in [-0.39, 0.29) is 5.78 Å². The normalized spacial score (nSPS) is 11.6. The first-order chi connectivity index (χ1) is 15.3. The van der Waals surface area contributed by atoms with Crippen molar-refractivity contribution in [2.75, 3.05) is 6.26 Å². The lowest BCUT2D eigenvalue weighted by atomic mass is 10.1. The third-order valence-corrected chi connectivity index (χ3v) is 5.99. The number of allylic oxidation sites excluding steroid dienone is 1. The summed E-state index contributed by atoms with van der Waals surface area (Å²) in [6.07, 6.45) is 5.27. The molecule has 2 aromatic rings. The molecule has 0 fully saturated rings. The molecule has 0 aliphatic rings. The fraction of sp³-hybridized carbons (Fsp3) is 0.385. The highest BCUT2D eigenvalue weighted by molar-refractivity contribution is 9.11. The SMILES string of the molecule is CC.CSc1ccc(C(=O)/C=C/c2cc(Br)c(OC(C)(C)C(=O)OC(C)(C)C)c(Br)c2)cc1. The summed E-state index contributed by atoms with van der Waals surface area (Å²) in [4.78, 5) is 26.0. The number of rotatable bonds is 7. The van der Waals surface area contributed by atoms with Crippen molar-refractivity contribution in [1.29, 1.82) is 0 Å². The Bertz CT molecular complexity index is 967. The van der Waals surface area contributed by atoms with Crippen molar-refractivity contribution in [3.8, 4) is 5.75 Å². The second-order valence-corrected chi connectivity index (χ2v) is 10.9. The number of hydrogen-bond donors (Lipinski definition) is 0. The minimum absolute atomic E-state index is 0.0775. The van der Waals surface area contributed by atoms with E-state index in [9.17, 15) is 9.59 Å². The molecule has 0 N–H and O–H groups in total. The van der Waals surface area contributed by atoms with Crippen molar-refractivity contribution in [2.45, 2.75) is 64.6 Å². The highest BCUT2D eigenvalue weighted by Gasteiger charge is 2.35. The van der Waals surface area contributed by atoms with E-state index in [1.165, 1.54) is 6.08 Å². The highest BCUT2D eigenvalue weighted by Crippen LogP contribution is 2.38. The average Bonchev–Trinajstić information content (AvgIpc) is 2.75. The number of esters is 1. The minimum Gasteiger partial charge on any atom is -0.474 e. The van der Waals surface area contributed by atoms with E-state index < -0.39 is 17.2 Å². The Labute approximate surface area is 218 Å². The van der Waals surface area contributed by atoms with E-state index in [2.05, 4.69) is 31.9 Å². The molecule has 0 spiro atoms. The van der Waals surface area contributed by atoms with E-state index in [4.69, 9.17) is 9.47 Å². The molecular formula is C26H32Br2O4S. The first kappa shape index (κ1) is 29.5. The van der Waals surface area contributed by atoms with E-state index in [1.807, 2.05) is 77.3 Å². The number of ketones is 1. The maximum atomic E-state index is 12.5. The molecule has 180 valence electrons. The molecule has 0 amide bonds. The van der Waals surface area contributed by atoms with Gasteiger partial charge in [-0.05, 0) is 121 Å². The predicted molar refractivity (Wildman–Crippen MR) is 145 cm³/mol. The summed E-state index contributed by atoms with van der Waals surface area (Å²) in [6.45, 7) is 12.8. The van der Waals surface area contributed by atoms with Crippen molar-refractivity contribution in [3.63, 3.8) is 0 Å². The van der Waals surface area contributed by atoms with Gasteiger partial charge in [0.2, 0.25) is 0 Å². The zero-order chi connectivity index (χ0) is 25.4.